The Morgan fingerprint density at radius 3 is 2.00 bits per heavy atom. The number of aliphatic hydroxyl groups is 1. The van der Waals surface area contributed by atoms with Crippen molar-refractivity contribution in [2.24, 2.45) is 0 Å². The summed E-state index contributed by atoms with van der Waals surface area (Å²) in [5.41, 5.74) is 0.407. The molecule has 6 heteroatoms. The van der Waals surface area contributed by atoms with Gasteiger partial charge in [-0.2, -0.15) is 0 Å². The van der Waals surface area contributed by atoms with Crippen molar-refractivity contribution < 1.29 is 24.9 Å². The van der Waals surface area contributed by atoms with Gasteiger partial charge in [0, 0.05) is 17.0 Å². The number of benzene rings is 1. The molecule has 0 unspecified atom stereocenters. The SMILES string of the molecule is CC1=C(C(=O)O)C(c2ccccc2C#CC(C)(C)O)C(C(=O)O)=C(C)N1. The summed E-state index contributed by atoms with van der Waals surface area (Å²) in [6.07, 6.45) is 0. The summed E-state index contributed by atoms with van der Waals surface area (Å²) in [6.45, 7) is 6.27. The van der Waals surface area contributed by atoms with Gasteiger partial charge in [0.1, 0.15) is 5.60 Å². The van der Waals surface area contributed by atoms with Crippen LogP contribution in [0.1, 0.15) is 44.7 Å². The minimum absolute atomic E-state index is 0.0366. The number of nitrogens with one attached hydrogen (secondary N) is 1. The monoisotopic (exact) mass is 355 g/mol. The van der Waals surface area contributed by atoms with Gasteiger partial charge in [0.25, 0.3) is 0 Å². The van der Waals surface area contributed by atoms with Crippen LogP contribution in [0.3, 0.4) is 0 Å². The van der Waals surface area contributed by atoms with Crippen molar-refractivity contribution in [3.63, 3.8) is 0 Å². The van der Waals surface area contributed by atoms with Gasteiger partial charge in [-0.1, -0.05) is 30.0 Å². The first-order chi connectivity index (χ1) is 12.0. The first-order valence-corrected chi connectivity index (χ1v) is 8.02. The van der Waals surface area contributed by atoms with Gasteiger partial charge >= 0.3 is 11.9 Å². The number of carboxylic acid groups (broad SMARTS) is 2. The first-order valence-electron chi connectivity index (χ1n) is 8.02. The van der Waals surface area contributed by atoms with E-state index in [9.17, 15) is 24.9 Å². The lowest BCUT2D eigenvalue weighted by molar-refractivity contribution is -0.133. The molecule has 0 spiro atoms. The van der Waals surface area contributed by atoms with Crippen molar-refractivity contribution in [1.82, 2.24) is 5.32 Å². The van der Waals surface area contributed by atoms with Crippen LogP contribution in [0.25, 0.3) is 0 Å². The van der Waals surface area contributed by atoms with Crippen LogP contribution in [0.15, 0.2) is 46.8 Å². The van der Waals surface area contributed by atoms with Crippen molar-refractivity contribution in [2.45, 2.75) is 39.2 Å². The summed E-state index contributed by atoms with van der Waals surface area (Å²) in [5, 5.41) is 32.1. The Kier molecular flexibility index (Phi) is 5.24. The molecule has 136 valence electrons. The zero-order valence-corrected chi connectivity index (χ0v) is 15.0. The lowest BCUT2D eigenvalue weighted by Crippen LogP contribution is -2.31. The van der Waals surface area contributed by atoms with Crippen LogP contribution in [0.5, 0.6) is 0 Å². The van der Waals surface area contributed by atoms with Crippen LogP contribution >= 0.6 is 0 Å². The van der Waals surface area contributed by atoms with E-state index in [-0.39, 0.29) is 11.1 Å². The summed E-state index contributed by atoms with van der Waals surface area (Å²) in [6, 6.07) is 6.78. The van der Waals surface area contributed by atoms with Gasteiger partial charge in [0.15, 0.2) is 0 Å². The van der Waals surface area contributed by atoms with E-state index in [4.69, 9.17) is 0 Å². The number of hydrogen-bond acceptors (Lipinski definition) is 4. The van der Waals surface area contributed by atoms with E-state index in [1.807, 2.05) is 0 Å². The maximum absolute atomic E-state index is 11.9. The number of rotatable bonds is 3. The zero-order valence-electron chi connectivity index (χ0n) is 15.0. The van der Waals surface area contributed by atoms with Gasteiger partial charge < -0.3 is 20.6 Å². The second kappa shape index (κ2) is 7.06. The number of allylic oxidation sites excluding steroid dienone is 2. The molecule has 1 aliphatic rings. The maximum atomic E-state index is 11.9. The lowest BCUT2D eigenvalue weighted by atomic mass is 9.78. The molecule has 0 atom stereocenters. The molecule has 0 amide bonds. The van der Waals surface area contributed by atoms with E-state index < -0.39 is 23.5 Å². The molecule has 1 aliphatic heterocycles. The molecule has 0 fully saturated rings. The average Bonchev–Trinajstić information content (AvgIpc) is 2.50. The zero-order chi connectivity index (χ0) is 19.6. The summed E-state index contributed by atoms with van der Waals surface area (Å²) in [7, 11) is 0. The van der Waals surface area contributed by atoms with Crippen molar-refractivity contribution in [3.05, 3.63) is 57.9 Å². The highest BCUT2D eigenvalue weighted by molar-refractivity contribution is 5.98. The van der Waals surface area contributed by atoms with Gasteiger partial charge in [0.2, 0.25) is 0 Å². The van der Waals surface area contributed by atoms with E-state index in [0.717, 1.165) is 0 Å². The second-order valence-electron chi connectivity index (χ2n) is 6.64. The fraction of sp³-hybridized carbons (Fsp3) is 0.300. The fourth-order valence-corrected chi connectivity index (χ4v) is 2.95. The highest BCUT2D eigenvalue weighted by atomic mass is 16.4. The average molecular weight is 355 g/mol. The molecule has 0 bridgehead atoms. The largest absolute Gasteiger partial charge is 0.478 e. The normalized spacial score (nSPS) is 15.3. The highest BCUT2D eigenvalue weighted by Crippen LogP contribution is 2.39. The topological polar surface area (TPSA) is 107 Å². The molecular formula is C20H21NO5. The van der Waals surface area contributed by atoms with E-state index in [0.29, 0.717) is 22.5 Å². The lowest BCUT2D eigenvalue weighted by Gasteiger charge is -2.29. The van der Waals surface area contributed by atoms with Crippen LogP contribution in [0.4, 0.5) is 0 Å². The molecule has 1 aromatic rings. The van der Waals surface area contributed by atoms with Gasteiger partial charge in [-0.05, 0) is 39.3 Å². The second-order valence-corrected chi connectivity index (χ2v) is 6.64. The fourth-order valence-electron chi connectivity index (χ4n) is 2.95. The Labute approximate surface area is 151 Å². The van der Waals surface area contributed by atoms with E-state index in [2.05, 4.69) is 17.2 Å². The van der Waals surface area contributed by atoms with E-state index in [1.165, 1.54) is 13.8 Å². The standard InChI is InChI=1S/C20H21NO5/c1-11-15(18(22)23)17(16(19(24)25)12(2)21-11)14-8-6-5-7-13(14)9-10-20(3,4)26/h5-8,17,21,26H,1-4H3,(H,22,23)(H,24,25). The minimum Gasteiger partial charge on any atom is -0.478 e. The van der Waals surface area contributed by atoms with Crippen LogP contribution in [-0.2, 0) is 9.59 Å². The molecule has 2 rings (SSSR count). The Balaban J connectivity index is 2.76. The van der Waals surface area contributed by atoms with Gasteiger partial charge in [-0.25, -0.2) is 9.59 Å². The summed E-state index contributed by atoms with van der Waals surface area (Å²) >= 11 is 0. The predicted molar refractivity (Wildman–Crippen MR) is 96.2 cm³/mol. The van der Waals surface area contributed by atoms with Crippen molar-refractivity contribution in [1.29, 1.82) is 0 Å². The number of dihydropyridines is 1. The number of carboxylic acids is 2. The third-order valence-corrected chi connectivity index (χ3v) is 4.00. The van der Waals surface area contributed by atoms with Gasteiger partial charge in [-0.15, -0.1) is 0 Å². The van der Waals surface area contributed by atoms with Crippen LogP contribution in [-0.4, -0.2) is 32.9 Å². The van der Waals surface area contributed by atoms with Crippen molar-refractivity contribution in [2.75, 3.05) is 0 Å². The molecular weight excluding hydrogens is 334 g/mol. The molecule has 6 nitrogen and oxygen atoms in total. The van der Waals surface area contributed by atoms with Crippen LogP contribution in [0.2, 0.25) is 0 Å². The van der Waals surface area contributed by atoms with Crippen molar-refractivity contribution >= 4 is 11.9 Å². The third kappa shape index (κ3) is 3.95. The van der Waals surface area contributed by atoms with E-state index in [1.54, 1.807) is 38.1 Å². The Bertz CT molecular complexity index is 855. The highest BCUT2D eigenvalue weighted by Gasteiger charge is 2.37. The molecule has 0 radical (unpaired) electrons. The summed E-state index contributed by atoms with van der Waals surface area (Å²) in [4.78, 5) is 23.7. The predicted octanol–water partition coefficient (Wildman–Crippen LogP) is 2.21. The van der Waals surface area contributed by atoms with Gasteiger partial charge in [-0.3, -0.25) is 0 Å². The maximum Gasteiger partial charge on any atom is 0.334 e. The quantitative estimate of drug-likeness (QED) is 0.620. The Morgan fingerprint density at radius 1 is 1.04 bits per heavy atom. The third-order valence-electron chi connectivity index (χ3n) is 4.00. The summed E-state index contributed by atoms with van der Waals surface area (Å²) in [5.74, 6) is 2.17. The molecule has 0 aliphatic carbocycles. The van der Waals surface area contributed by atoms with Crippen molar-refractivity contribution in [3.8, 4) is 11.8 Å². The first kappa shape index (κ1) is 19.3. The number of aliphatic carboxylic acids is 2. The number of hydrogen-bond donors (Lipinski definition) is 4. The molecule has 0 aromatic heterocycles. The number of carbonyl (C=O) groups is 2. The molecule has 4 N–H and O–H groups in total. The molecule has 26 heavy (non-hydrogen) atoms. The Morgan fingerprint density at radius 2 is 1.54 bits per heavy atom. The molecule has 1 heterocycles. The van der Waals surface area contributed by atoms with Crippen LogP contribution in [0, 0.1) is 11.8 Å². The Hall–Kier alpha value is -3.04. The molecule has 0 saturated carbocycles. The van der Waals surface area contributed by atoms with Gasteiger partial charge in [0.05, 0.1) is 17.1 Å². The molecule has 0 saturated heterocycles. The van der Waals surface area contributed by atoms with E-state index >= 15 is 0 Å². The smallest absolute Gasteiger partial charge is 0.334 e. The van der Waals surface area contributed by atoms with Crippen LogP contribution < -0.4 is 5.32 Å². The minimum atomic E-state index is -1.23. The molecule has 1 aromatic carbocycles. The summed E-state index contributed by atoms with van der Waals surface area (Å²) < 4.78 is 0.